The molecule has 0 saturated carbocycles. The molecule has 1 aliphatic heterocycles. The van der Waals surface area contributed by atoms with E-state index >= 15 is 0 Å². The van der Waals surface area contributed by atoms with Crippen LogP contribution in [-0.4, -0.2) is 63.3 Å². The van der Waals surface area contributed by atoms with Crippen molar-refractivity contribution in [1.82, 2.24) is 14.5 Å². The predicted molar refractivity (Wildman–Crippen MR) is 85.4 cm³/mol. The van der Waals surface area contributed by atoms with E-state index in [1.165, 1.54) is 10.4 Å². The molecule has 1 aliphatic rings. The van der Waals surface area contributed by atoms with Crippen molar-refractivity contribution in [1.29, 1.82) is 0 Å². The van der Waals surface area contributed by atoms with Gasteiger partial charge < -0.3 is 10.2 Å². The Morgan fingerprint density at radius 2 is 1.86 bits per heavy atom. The molecular formula is C15H23N3O3S. The van der Waals surface area contributed by atoms with Crippen LogP contribution in [0.4, 0.5) is 0 Å². The molecule has 7 heteroatoms. The number of rotatable bonds is 4. The summed E-state index contributed by atoms with van der Waals surface area (Å²) in [6.45, 7) is 6.53. The van der Waals surface area contributed by atoms with Crippen LogP contribution in [0.2, 0.25) is 0 Å². The van der Waals surface area contributed by atoms with Gasteiger partial charge in [0.15, 0.2) is 0 Å². The number of likely N-dealkylation sites (N-methyl/N-ethyl adjacent to an activating group) is 1. The SMILES string of the molecule is CCNC(=O)c1cc(S(=O)(=O)N2CCN(C)CC2)ccc1C. The number of piperazine rings is 1. The number of carbonyl (C=O) groups excluding carboxylic acids is 1. The minimum atomic E-state index is -3.55. The molecule has 22 heavy (non-hydrogen) atoms. The Bertz CT molecular complexity index is 650. The highest BCUT2D eigenvalue weighted by atomic mass is 32.2. The predicted octanol–water partition coefficient (Wildman–Crippen LogP) is 0.681. The van der Waals surface area contributed by atoms with Crippen molar-refractivity contribution in [3.63, 3.8) is 0 Å². The first kappa shape index (κ1) is 16.9. The number of benzene rings is 1. The molecule has 1 aromatic carbocycles. The second kappa shape index (κ2) is 6.76. The molecule has 1 fully saturated rings. The average Bonchev–Trinajstić information content (AvgIpc) is 2.48. The van der Waals surface area contributed by atoms with Gasteiger partial charge in [-0.1, -0.05) is 6.07 Å². The van der Waals surface area contributed by atoms with E-state index in [1.54, 1.807) is 19.1 Å². The topological polar surface area (TPSA) is 69.7 Å². The molecule has 1 aromatic rings. The van der Waals surface area contributed by atoms with E-state index in [4.69, 9.17) is 0 Å². The van der Waals surface area contributed by atoms with E-state index in [1.807, 2.05) is 14.0 Å². The fourth-order valence-corrected chi connectivity index (χ4v) is 3.89. The molecule has 2 rings (SSSR count). The van der Waals surface area contributed by atoms with Crippen molar-refractivity contribution in [3.05, 3.63) is 29.3 Å². The second-order valence-electron chi connectivity index (χ2n) is 5.54. The second-order valence-corrected chi connectivity index (χ2v) is 7.48. The van der Waals surface area contributed by atoms with Crippen molar-refractivity contribution in [2.45, 2.75) is 18.7 Å². The lowest BCUT2D eigenvalue weighted by Crippen LogP contribution is -2.47. The maximum atomic E-state index is 12.7. The summed E-state index contributed by atoms with van der Waals surface area (Å²) in [7, 11) is -1.57. The first-order valence-corrected chi connectivity index (χ1v) is 8.88. The zero-order valence-electron chi connectivity index (χ0n) is 13.3. The van der Waals surface area contributed by atoms with Gasteiger partial charge in [0.2, 0.25) is 10.0 Å². The lowest BCUT2D eigenvalue weighted by molar-refractivity contribution is 0.0955. The molecule has 1 heterocycles. The third-order valence-corrected chi connectivity index (χ3v) is 5.79. The Morgan fingerprint density at radius 1 is 1.23 bits per heavy atom. The van der Waals surface area contributed by atoms with Gasteiger partial charge in [-0.3, -0.25) is 4.79 Å². The van der Waals surface area contributed by atoms with Gasteiger partial charge in [0.1, 0.15) is 0 Å². The van der Waals surface area contributed by atoms with Gasteiger partial charge in [-0.05, 0) is 38.6 Å². The molecule has 6 nitrogen and oxygen atoms in total. The Hall–Kier alpha value is -1.44. The maximum Gasteiger partial charge on any atom is 0.251 e. The molecule has 1 amide bonds. The maximum absolute atomic E-state index is 12.7. The number of carbonyl (C=O) groups is 1. The number of sulfonamides is 1. The third kappa shape index (κ3) is 3.48. The lowest BCUT2D eigenvalue weighted by Gasteiger charge is -2.31. The van der Waals surface area contributed by atoms with Crippen LogP contribution in [0.5, 0.6) is 0 Å². The van der Waals surface area contributed by atoms with Crippen molar-refractivity contribution in [2.24, 2.45) is 0 Å². The number of nitrogens with one attached hydrogen (secondary N) is 1. The molecule has 122 valence electrons. The molecule has 0 aromatic heterocycles. The van der Waals surface area contributed by atoms with Crippen LogP contribution in [0.25, 0.3) is 0 Å². The van der Waals surface area contributed by atoms with Gasteiger partial charge in [-0.15, -0.1) is 0 Å². The summed E-state index contributed by atoms with van der Waals surface area (Å²) >= 11 is 0. The van der Waals surface area contributed by atoms with Crippen molar-refractivity contribution in [3.8, 4) is 0 Å². The van der Waals surface area contributed by atoms with E-state index in [9.17, 15) is 13.2 Å². The summed E-state index contributed by atoms with van der Waals surface area (Å²) in [5, 5.41) is 2.71. The first-order valence-electron chi connectivity index (χ1n) is 7.43. The number of amides is 1. The van der Waals surface area contributed by atoms with Gasteiger partial charge >= 0.3 is 0 Å². The molecule has 0 aliphatic carbocycles. The Balaban J connectivity index is 2.31. The molecule has 0 bridgehead atoms. The van der Waals surface area contributed by atoms with E-state index < -0.39 is 10.0 Å². The minimum Gasteiger partial charge on any atom is -0.352 e. The Labute approximate surface area is 132 Å². The molecule has 1 N–H and O–H groups in total. The molecule has 1 saturated heterocycles. The van der Waals surface area contributed by atoms with Crippen molar-refractivity contribution in [2.75, 3.05) is 39.8 Å². The van der Waals surface area contributed by atoms with Crippen LogP contribution in [0.15, 0.2) is 23.1 Å². The number of hydrogen-bond acceptors (Lipinski definition) is 4. The zero-order chi connectivity index (χ0) is 16.3. The third-order valence-electron chi connectivity index (χ3n) is 3.89. The highest BCUT2D eigenvalue weighted by Crippen LogP contribution is 2.20. The largest absolute Gasteiger partial charge is 0.352 e. The highest BCUT2D eigenvalue weighted by molar-refractivity contribution is 7.89. The van der Waals surface area contributed by atoms with Crippen LogP contribution < -0.4 is 5.32 Å². The summed E-state index contributed by atoms with van der Waals surface area (Å²) in [4.78, 5) is 14.3. The quantitative estimate of drug-likeness (QED) is 0.884. The number of aryl methyl sites for hydroxylation is 1. The summed E-state index contributed by atoms with van der Waals surface area (Å²) in [6.07, 6.45) is 0. The van der Waals surface area contributed by atoms with E-state index in [0.29, 0.717) is 38.3 Å². The first-order chi connectivity index (χ1) is 10.4. The summed E-state index contributed by atoms with van der Waals surface area (Å²) in [6, 6.07) is 4.74. The molecule has 0 radical (unpaired) electrons. The molecular weight excluding hydrogens is 302 g/mol. The van der Waals surface area contributed by atoms with Crippen LogP contribution in [0.1, 0.15) is 22.8 Å². The van der Waals surface area contributed by atoms with Gasteiger partial charge in [0.05, 0.1) is 4.90 Å². The Morgan fingerprint density at radius 3 is 2.45 bits per heavy atom. The van der Waals surface area contributed by atoms with E-state index in [-0.39, 0.29) is 10.8 Å². The van der Waals surface area contributed by atoms with E-state index in [0.717, 1.165) is 5.56 Å². The highest BCUT2D eigenvalue weighted by Gasteiger charge is 2.28. The normalized spacial score (nSPS) is 17.4. The fourth-order valence-electron chi connectivity index (χ4n) is 2.44. The molecule has 0 spiro atoms. The van der Waals surface area contributed by atoms with Gasteiger partial charge in [0, 0.05) is 38.3 Å². The van der Waals surface area contributed by atoms with Crippen LogP contribution in [0, 0.1) is 6.92 Å². The molecule has 0 unspecified atom stereocenters. The van der Waals surface area contributed by atoms with E-state index in [2.05, 4.69) is 10.2 Å². The van der Waals surface area contributed by atoms with Crippen LogP contribution in [-0.2, 0) is 10.0 Å². The van der Waals surface area contributed by atoms with Crippen LogP contribution >= 0.6 is 0 Å². The van der Waals surface area contributed by atoms with Crippen LogP contribution in [0.3, 0.4) is 0 Å². The number of hydrogen-bond donors (Lipinski definition) is 1. The number of nitrogens with zero attached hydrogens (tertiary/aromatic N) is 2. The summed E-state index contributed by atoms with van der Waals surface area (Å²) in [5.74, 6) is -0.240. The standard InChI is InChI=1S/C15H23N3O3S/c1-4-16-15(19)14-11-13(6-5-12(14)2)22(20,21)18-9-7-17(3)8-10-18/h5-6,11H,4,7-10H2,1-3H3,(H,16,19). The Kier molecular flexibility index (Phi) is 5.20. The van der Waals surface area contributed by atoms with Gasteiger partial charge in [-0.2, -0.15) is 4.31 Å². The zero-order valence-corrected chi connectivity index (χ0v) is 14.1. The summed E-state index contributed by atoms with van der Waals surface area (Å²) < 4.78 is 26.9. The average molecular weight is 325 g/mol. The fraction of sp³-hybridized carbons (Fsp3) is 0.533. The van der Waals surface area contributed by atoms with Gasteiger partial charge in [-0.25, -0.2) is 8.42 Å². The summed E-state index contributed by atoms with van der Waals surface area (Å²) in [5.41, 5.74) is 1.18. The lowest BCUT2D eigenvalue weighted by atomic mass is 10.1. The van der Waals surface area contributed by atoms with Gasteiger partial charge in [0.25, 0.3) is 5.91 Å². The molecule has 0 atom stereocenters. The smallest absolute Gasteiger partial charge is 0.251 e. The monoisotopic (exact) mass is 325 g/mol. The minimum absolute atomic E-state index is 0.184. The van der Waals surface area contributed by atoms with Crippen molar-refractivity contribution < 1.29 is 13.2 Å². The van der Waals surface area contributed by atoms with Crippen molar-refractivity contribution >= 4 is 15.9 Å².